The third-order valence-electron chi connectivity index (χ3n) is 1.67. The maximum atomic E-state index is 10.5. The molecule has 1 rings (SSSR count). The molecule has 0 radical (unpaired) electrons. The number of nitrogens with zero attached hydrogens (tertiary/aromatic N) is 1. The van der Waals surface area contributed by atoms with E-state index in [4.69, 9.17) is 0 Å². The first kappa shape index (κ1) is 12.7. The zero-order valence-electron chi connectivity index (χ0n) is 8.87. The van der Waals surface area contributed by atoms with Crippen LogP contribution in [-0.4, -0.2) is 20.7 Å². The molecule has 1 aromatic rings. The van der Waals surface area contributed by atoms with E-state index in [0.717, 1.165) is 4.47 Å². The molecule has 0 amide bonds. The average molecular weight is 334 g/mol. The number of rotatable bonds is 2. The predicted molar refractivity (Wildman–Crippen MR) is 67.3 cm³/mol. The summed E-state index contributed by atoms with van der Waals surface area (Å²) >= 11 is 3.11. The number of nitro groups is 1. The Bertz CT molecular complexity index is 387. The molecule has 0 aromatic heterocycles. The van der Waals surface area contributed by atoms with E-state index in [1.165, 1.54) is 4.35 Å². The Balaban J connectivity index is 2.99. The van der Waals surface area contributed by atoms with Crippen LogP contribution < -0.4 is 4.35 Å². The Morgan fingerprint density at radius 3 is 2.40 bits per heavy atom. The summed E-state index contributed by atoms with van der Waals surface area (Å²) in [5, 5.41) is 10.5. The molecule has 15 heavy (non-hydrogen) atoms. The van der Waals surface area contributed by atoms with Crippen molar-refractivity contribution in [3.8, 4) is 0 Å². The van der Waals surface area contributed by atoms with Crippen LogP contribution in [0, 0.1) is 10.1 Å². The molecule has 0 fully saturated rings. The molecular weight excluding hydrogens is 321 g/mol. The Morgan fingerprint density at radius 2 is 2.00 bits per heavy atom. The summed E-state index contributed by atoms with van der Waals surface area (Å²) in [4.78, 5) is 10.2. The molecule has 5 heteroatoms. The van der Waals surface area contributed by atoms with Crippen molar-refractivity contribution in [1.82, 2.24) is 0 Å². The first-order chi connectivity index (χ1) is 6.79. The summed E-state index contributed by atoms with van der Waals surface area (Å²) in [6.45, 7) is 6.59. The molecule has 1 unspecified atom stereocenters. The molecule has 1 atom stereocenters. The quantitative estimate of drug-likeness (QED) is 0.474. The summed E-state index contributed by atoms with van der Waals surface area (Å²) in [6.07, 6.45) is 0. The van der Waals surface area contributed by atoms with E-state index in [1.807, 2.05) is 6.07 Å². The molecule has 0 heterocycles. The van der Waals surface area contributed by atoms with Crippen molar-refractivity contribution in [2.45, 2.75) is 25.0 Å². The van der Waals surface area contributed by atoms with Crippen molar-refractivity contribution < 1.29 is 4.92 Å². The number of benzene rings is 1. The molecule has 0 saturated heterocycles. The second-order valence-corrected chi connectivity index (χ2v) is 9.95. The van der Waals surface area contributed by atoms with Crippen LogP contribution in [0.4, 0.5) is 5.69 Å². The Kier molecular flexibility index (Phi) is 3.96. The van der Waals surface area contributed by atoms with Gasteiger partial charge in [0.15, 0.2) is 0 Å². The van der Waals surface area contributed by atoms with Crippen LogP contribution in [-0.2, 0) is 0 Å². The minimum absolute atomic E-state index is 0.145. The number of hydrogen-bond donors (Lipinski definition) is 0. The predicted octanol–water partition coefficient (Wildman–Crippen LogP) is 2.64. The van der Waals surface area contributed by atoms with Gasteiger partial charge in [-0.1, -0.05) is 0 Å². The summed E-state index contributed by atoms with van der Waals surface area (Å²) in [5.74, 6) is 0. The maximum absolute atomic E-state index is 10.5. The van der Waals surface area contributed by atoms with Gasteiger partial charge >= 0.3 is 104 Å². The fourth-order valence-corrected chi connectivity index (χ4v) is 4.45. The molecule has 3 nitrogen and oxygen atoms in total. The molecular formula is C10H13AsBrNO2. The minimum atomic E-state index is -0.369. The topological polar surface area (TPSA) is 43.1 Å². The number of halogens is 1. The normalized spacial score (nSPS) is 12.3. The van der Waals surface area contributed by atoms with Gasteiger partial charge in [0, 0.05) is 0 Å². The summed E-state index contributed by atoms with van der Waals surface area (Å²) in [7, 11) is 0. The fraction of sp³-hybridized carbons (Fsp3) is 0.400. The molecule has 0 N–H and O–H groups in total. The van der Waals surface area contributed by atoms with Crippen molar-refractivity contribution in [2.24, 2.45) is 0 Å². The van der Waals surface area contributed by atoms with E-state index < -0.39 is 0 Å². The average Bonchev–Trinajstić information content (AvgIpc) is 2.05. The second-order valence-electron chi connectivity index (χ2n) is 4.30. The molecule has 0 aliphatic carbocycles. The molecule has 0 aliphatic rings. The Morgan fingerprint density at radius 1 is 1.40 bits per heavy atom. The molecule has 82 valence electrons. The van der Waals surface area contributed by atoms with Gasteiger partial charge in [-0.05, 0) is 0 Å². The van der Waals surface area contributed by atoms with Crippen molar-refractivity contribution in [3.63, 3.8) is 0 Å². The van der Waals surface area contributed by atoms with Crippen molar-refractivity contribution in [2.75, 3.05) is 0 Å². The molecule has 0 aliphatic heterocycles. The van der Waals surface area contributed by atoms with Crippen LogP contribution >= 0.6 is 15.9 Å². The van der Waals surface area contributed by atoms with Crippen molar-refractivity contribution in [1.29, 1.82) is 0 Å². The molecule has 0 bridgehead atoms. The zero-order chi connectivity index (χ0) is 11.6. The Hall–Kier alpha value is -0.342. The van der Waals surface area contributed by atoms with Crippen molar-refractivity contribution >= 4 is 41.7 Å². The second kappa shape index (κ2) is 4.67. The van der Waals surface area contributed by atoms with Crippen LogP contribution in [0.15, 0.2) is 22.7 Å². The van der Waals surface area contributed by atoms with Crippen LogP contribution in [0.25, 0.3) is 0 Å². The standard InChI is InChI=1S/C10H13AsBrNO2/c1-10(2,3)11-8-5-4-7(13(14)15)6-9(8)12/h4-6,11H,1-3H3. The van der Waals surface area contributed by atoms with E-state index in [2.05, 4.69) is 36.7 Å². The summed E-state index contributed by atoms with van der Waals surface area (Å²) in [6, 6.07) is 5.04. The van der Waals surface area contributed by atoms with Gasteiger partial charge in [0.25, 0.3) is 0 Å². The number of non-ortho nitro benzene ring substituents is 1. The number of hydrogen-bond acceptors (Lipinski definition) is 2. The van der Waals surface area contributed by atoms with E-state index >= 15 is 0 Å². The van der Waals surface area contributed by atoms with Gasteiger partial charge in [-0.3, -0.25) is 0 Å². The van der Waals surface area contributed by atoms with Crippen LogP contribution in [0.3, 0.4) is 0 Å². The zero-order valence-corrected chi connectivity index (χ0v) is 12.6. The first-order valence-electron chi connectivity index (χ1n) is 4.52. The van der Waals surface area contributed by atoms with E-state index in [9.17, 15) is 10.1 Å². The van der Waals surface area contributed by atoms with Crippen LogP contribution in [0.1, 0.15) is 20.8 Å². The van der Waals surface area contributed by atoms with Gasteiger partial charge in [-0.2, -0.15) is 0 Å². The van der Waals surface area contributed by atoms with Gasteiger partial charge in [-0.25, -0.2) is 0 Å². The van der Waals surface area contributed by atoms with Crippen molar-refractivity contribution in [3.05, 3.63) is 32.8 Å². The van der Waals surface area contributed by atoms with Gasteiger partial charge in [-0.15, -0.1) is 0 Å². The molecule has 0 spiro atoms. The van der Waals surface area contributed by atoms with Gasteiger partial charge < -0.3 is 0 Å². The van der Waals surface area contributed by atoms with Gasteiger partial charge in [0.2, 0.25) is 0 Å². The Labute approximate surface area is 104 Å². The third kappa shape index (κ3) is 3.96. The first-order valence-corrected chi connectivity index (χ1v) is 7.41. The monoisotopic (exact) mass is 333 g/mol. The van der Waals surface area contributed by atoms with Crippen LogP contribution in [0.2, 0.25) is 4.20 Å². The fourth-order valence-electron chi connectivity index (χ4n) is 1.12. The summed E-state index contributed by atoms with van der Waals surface area (Å²) < 4.78 is 2.40. The number of nitro benzene ring substituents is 1. The molecule has 0 saturated carbocycles. The third-order valence-corrected chi connectivity index (χ3v) is 6.15. The van der Waals surface area contributed by atoms with Gasteiger partial charge in [0.05, 0.1) is 0 Å². The SMILES string of the molecule is CC(C)(C)[AsH]c1ccc([N+](=O)[O-])cc1Br. The molecule has 1 aromatic carbocycles. The van der Waals surface area contributed by atoms with E-state index in [0.29, 0.717) is 4.20 Å². The van der Waals surface area contributed by atoms with Gasteiger partial charge in [0.1, 0.15) is 0 Å². The van der Waals surface area contributed by atoms with Crippen LogP contribution in [0.5, 0.6) is 0 Å². The summed E-state index contributed by atoms with van der Waals surface area (Å²) in [5.41, 5.74) is 0.145. The van der Waals surface area contributed by atoms with E-state index in [1.54, 1.807) is 12.1 Å². The van der Waals surface area contributed by atoms with E-state index in [-0.39, 0.29) is 26.4 Å².